The first-order valence-corrected chi connectivity index (χ1v) is 12.5. The smallest absolute Gasteiger partial charge is 0.255 e. The third kappa shape index (κ3) is 5.19. The summed E-state index contributed by atoms with van der Waals surface area (Å²) in [7, 11) is 0. The Bertz CT molecular complexity index is 1530. The van der Waals surface area contributed by atoms with Gasteiger partial charge in [-0.2, -0.15) is 10.1 Å². The Balaban J connectivity index is 1.46. The van der Waals surface area contributed by atoms with Crippen LogP contribution in [0.3, 0.4) is 0 Å². The van der Waals surface area contributed by atoms with E-state index in [1.807, 2.05) is 69.3 Å². The van der Waals surface area contributed by atoms with Crippen LogP contribution in [0.25, 0.3) is 0 Å². The SMILES string of the molecule is CC1=C(C(=O)Nc2ccc(C)cc2C)C(c2cccc(OCc3ccc(Cl)cc3Cl)c2)n2ncnc2N1. The number of anilines is 2. The Morgan fingerprint density at radius 2 is 1.92 bits per heavy atom. The van der Waals surface area contributed by atoms with E-state index in [4.69, 9.17) is 27.9 Å². The maximum absolute atomic E-state index is 13.7. The van der Waals surface area contributed by atoms with Crippen LogP contribution in [0.15, 0.2) is 78.3 Å². The van der Waals surface area contributed by atoms with Crippen molar-refractivity contribution in [1.29, 1.82) is 0 Å². The Morgan fingerprint density at radius 3 is 2.70 bits per heavy atom. The van der Waals surface area contributed by atoms with Crippen LogP contribution in [-0.2, 0) is 11.4 Å². The number of nitrogens with zero attached hydrogens (tertiary/aromatic N) is 3. The van der Waals surface area contributed by atoms with Crippen molar-refractivity contribution in [3.05, 3.63) is 111 Å². The van der Waals surface area contributed by atoms with Gasteiger partial charge in [0.15, 0.2) is 0 Å². The second-order valence-electron chi connectivity index (χ2n) is 8.96. The summed E-state index contributed by atoms with van der Waals surface area (Å²) in [6.07, 6.45) is 1.47. The number of carbonyl (C=O) groups excluding carboxylic acids is 1. The molecule has 9 heteroatoms. The average molecular weight is 534 g/mol. The summed E-state index contributed by atoms with van der Waals surface area (Å²) in [5.41, 5.74) is 5.77. The van der Waals surface area contributed by atoms with Gasteiger partial charge in [-0.05, 0) is 62.2 Å². The third-order valence-electron chi connectivity index (χ3n) is 6.25. The Hall–Kier alpha value is -3.81. The van der Waals surface area contributed by atoms with Crippen LogP contribution in [0.2, 0.25) is 10.0 Å². The van der Waals surface area contributed by atoms with E-state index in [-0.39, 0.29) is 12.5 Å². The summed E-state index contributed by atoms with van der Waals surface area (Å²) in [5.74, 6) is 0.975. The van der Waals surface area contributed by atoms with E-state index >= 15 is 0 Å². The molecule has 1 aromatic heterocycles. The molecule has 7 nitrogen and oxygen atoms in total. The van der Waals surface area contributed by atoms with Crippen molar-refractivity contribution >= 4 is 40.7 Å². The van der Waals surface area contributed by atoms with E-state index in [9.17, 15) is 4.79 Å². The lowest BCUT2D eigenvalue weighted by atomic mass is 9.94. The maximum Gasteiger partial charge on any atom is 0.255 e. The first kappa shape index (κ1) is 24.9. The predicted octanol–water partition coefficient (Wildman–Crippen LogP) is 6.71. The number of rotatable bonds is 6. The number of fused-ring (bicyclic) bond motifs is 1. The predicted molar refractivity (Wildman–Crippen MR) is 146 cm³/mol. The number of hydrogen-bond acceptors (Lipinski definition) is 5. The molecule has 0 saturated heterocycles. The van der Waals surface area contributed by atoms with Gasteiger partial charge in [-0.3, -0.25) is 4.79 Å². The van der Waals surface area contributed by atoms with Crippen LogP contribution in [0.5, 0.6) is 5.75 Å². The zero-order valence-corrected chi connectivity index (χ0v) is 22.1. The van der Waals surface area contributed by atoms with Crippen LogP contribution >= 0.6 is 23.2 Å². The molecule has 1 amide bonds. The maximum atomic E-state index is 13.7. The lowest BCUT2D eigenvalue weighted by Gasteiger charge is -2.29. The normalized spacial score (nSPS) is 14.7. The van der Waals surface area contributed by atoms with Crippen molar-refractivity contribution in [1.82, 2.24) is 14.8 Å². The topological polar surface area (TPSA) is 81.1 Å². The molecule has 0 aliphatic carbocycles. The van der Waals surface area contributed by atoms with E-state index in [1.165, 1.54) is 6.33 Å². The van der Waals surface area contributed by atoms with Gasteiger partial charge >= 0.3 is 0 Å². The van der Waals surface area contributed by atoms with Gasteiger partial charge in [0, 0.05) is 27.0 Å². The summed E-state index contributed by atoms with van der Waals surface area (Å²) >= 11 is 12.3. The molecular weight excluding hydrogens is 509 g/mol. The monoisotopic (exact) mass is 533 g/mol. The zero-order valence-electron chi connectivity index (χ0n) is 20.5. The second kappa shape index (κ2) is 10.3. The Morgan fingerprint density at radius 1 is 1.08 bits per heavy atom. The molecule has 0 spiro atoms. The summed E-state index contributed by atoms with van der Waals surface area (Å²) < 4.78 is 7.76. The second-order valence-corrected chi connectivity index (χ2v) is 9.81. The fourth-order valence-electron chi connectivity index (χ4n) is 4.41. The standard InChI is InChI=1S/C28H25Cl2N5O2/c1-16-7-10-24(17(2)11-16)34-27(36)25-18(3)33-28-31-15-32-35(28)26(25)19-5-4-6-22(12-19)37-14-20-8-9-21(29)13-23(20)30/h4-13,15,26H,14H2,1-3H3,(H,34,36)(H,31,32,33). The number of aromatic nitrogens is 3. The van der Waals surface area contributed by atoms with Gasteiger partial charge in [0.1, 0.15) is 24.7 Å². The summed E-state index contributed by atoms with van der Waals surface area (Å²) in [5, 5.41) is 11.8. The highest BCUT2D eigenvalue weighted by Crippen LogP contribution is 2.36. The number of allylic oxidation sites excluding steroid dienone is 1. The molecule has 4 aromatic rings. The quantitative estimate of drug-likeness (QED) is 0.288. The van der Waals surface area contributed by atoms with E-state index in [2.05, 4.69) is 20.7 Å². The highest BCUT2D eigenvalue weighted by Gasteiger charge is 2.33. The Kier molecular flexibility index (Phi) is 6.91. The van der Waals surface area contributed by atoms with Gasteiger partial charge in [0.25, 0.3) is 5.91 Å². The highest BCUT2D eigenvalue weighted by atomic mass is 35.5. The van der Waals surface area contributed by atoms with Gasteiger partial charge in [0.2, 0.25) is 5.95 Å². The highest BCUT2D eigenvalue weighted by molar-refractivity contribution is 6.35. The van der Waals surface area contributed by atoms with Gasteiger partial charge in [-0.1, -0.05) is 59.1 Å². The number of amides is 1. The fourth-order valence-corrected chi connectivity index (χ4v) is 4.87. The molecule has 2 N–H and O–H groups in total. The minimum Gasteiger partial charge on any atom is -0.489 e. The summed E-state index contributed by atoms with van der Waals surface area (Å²) in [6.45, 7) is 6.14. The number of ether oxygens (including phenoxy) is 1. The molecule has 0 bridgehead atoms. The van der Waals surface area contributed by atoms with Crippen LogP contribution < -0.4 is 15.4 Å². The largest absolute Gasteiger partial charge is 0.489 e. The van der Waals surface area contributed by atoms with Gasteiger partial charge in [0.05, 0.1) is 5.57 Å². The zero-order chi connectivity index (χ0) is 26.1. The molecule has 37 heavy (non-hydrogen) atoms. The number of nitrogens with one attached hydrogen (secondary N) is 2. The van der Waals surface area contributed by atoms with E-state index in [1.54, 1.807) is 16.8 Å². The summed E-state index contributed by atoms with van der Waals surface area (Å²) in [6, 6.07) is 18.3. The van der Waals surface area contributed by atoms with E-state index < -0.39 is 6.04 Å². The molecule has 1 unspecified atom stereocenters. The van der Waals surface area contributed by atoms with E-state index in [0.717, 1.165) is 27.9 Å². The molecule has 0 saturated carbocycles. The lowest BCUT2D eigenvalue weighted by Crippen LogP contribution is -2.31. The summed E-state index contributed by atoms with van der Waals surface area (Å²) in [4.78, 5) is 18.0. The van der Waals surface area contributed by atoms with Crippen LogP contribution in [-0.4, -0.2) is 20.7 Å². The number of carbonyl (C=O) groups is 1. The van der Waals surface area contributed by atoms with Crippen molar-refractivity contribution < 1.29 is 9.53 Å². The molecule has 5 rings (SSSR count). The fraction of sp³-hybridized carbons (Fsp3) is 0.179. The van der Waals surface area contributed by atoms with Crippen LogP contribution in [0.1, 0.15) is 35.2 Å². The molecule has 0 fully saturated rings. The van der Waals surface area contributed by atoms with Crippen molar-refractivity contribution in [3.8, 4) is 5.75 Å². The lowest BCUT2D eigenvalue weighted by molar-refractivity contribution is -0.113. The first-order chi connectivity index (χ1) is 17.8. The van der Waals surface area contributed by atoms with Crippen molar-refractivity contribution in [2.75, 3.05) is 10.6 Å². The molecule has 0 radical (unpaired) electrons. The molecule has 2 heterocycles. The van der Waals surface area contributed by atoms with Crippen molar-refractivity contribution in [2.24, 2.45) is 0 Å². The molecule has 1 aliphatic rings. The van der Waals surface area contributed by atoms with Crippen LogP contribution in [0, 0.1) is 13.8 Å². The van der Waals surface area contributed by atoms with Gasteiger partial charge in [-0.15, -0.1) is 0 Å². The molecule has 3 aromatic carbocycles. The number of halogens is 2. The molecule has 1 aliphatic heterocycles. The van der Waals surface area contributed by atoms with Crippen LogP contribution in [0.4, 0.5) is 11.6 Å². The van der Waals surface area contributed by atoms with Gasteiger partial charge < -0.3 is 15.4 Å². The van der Waals surface area contributed by atoms with Gasteiger partial charge in [-0.25, -0.2) is 4.68 Å². The average Bonchev–Trinajstić information content (AvgIpc) is 3.32. The van der Waals surface area contributed by atoms with Crippen molar-refractivity contribution in [2.45, 2.75) is 33.4 Å². The van der Waals surface area contributed by atoms with Crippen molar-refractivity contribution in [3.63, 3.8) is 0 Å². The minimum atomic E-state index is -0.507. The van der Waals surface area contributed by atoms with E-state index in [0.29, 0.717) is 33.0 Å². The number of hydrogen-bond donors (Lipinski definition) is 2. The minimum absolute atomic E-state index is 0.220. The molecule has 1 atom stereocenters. The number of aryl methyl sites for hydroxylation is 2. The molecular formula is C28H25Cl2N5O2. The third-order valence-corrected chi connectivity index (χ3v) is 6.84. The molecule has 188 valence electrons. The Labute approximate surface area is 225 Å². The first-order valence-electron chi connectivity index (χ1n) is 11.7. The number of benzene rings is 3.